The Labute approximate surface area is 122 Å². The summed E-state index contributed by atoms with van der Waals surface area (Å²) in [7, 11) is 1.49. The van der Waals surface area contributed by atoms with Crippen LogP contribution in [0.1, 0.15) is 45.8 Å². The molecule has 6 heteroatoms. The minimum absolute atomic E-state index is 0.0689. The average molecular weight is 287 g/mol. The maximum atomic E-state index is 12.3. The Morgan fingerprint density at radius 3 is 2.57 bits per heavy atom. The van der Waals surface area contributed by atoms with Crippen LogP contribution in [0.4, 0.5) is 0 Å². The van der Waals surface area contributed by atoms with Crippen LogP contribution in [0.15, 0.2) is 36.5 Å². The lowest BCUT2D eigenvalue weighted by molar-refractivity contribution is 0.0678. The summed E-state index contributed by atoms with van der Waals surface area (Å²) in [6, 6.07) is 9.39. The number of hydrogen-bond acceptors (Lipinski definition) is 3. The summed E-state index contributed by atoms with van der Waals surface area (Å²) in [5, 5.41) is 15.8. The molecule has 0 aliphatic rings. The molecule has 1 amide bonds. The summed E-state index contributed by atoms with van der Waals surface area (Å²) < 4.78 is 1.18. The van der Waals surface area contributed by atoms with Crippen molar-refractivity contribution in [2.24, 2.45) is 7.05 Å². The number of aromatic carboxylic acids is 1. The van der Waals surface area contributed by atoms with E-state index in [2.05, 4.69) is 10.4 Å². The molecule has 110 valence electrons. The highest BCUT2D eigenvalue weighted by Gasteiger charge is 2.23. The molecule has 1 heterocycles. The molecule has 2 aromatic rings. The Morgan fingerprint density at radius 2 is 2.00 bits per heavy atom. The van der Waals surface area contributed by atoms with Gasteiger partial charge in [0.05, 0.1) is 17.8 Å². The van der Waals surface area contributed by atoms with E-state index in [0.717, 1.165) is 5.56 Å². The quantitative estimate of drug-likeness (QED) is 0.881. The summed E-state index contributed by atoms with van der Waals surface area (Å²) in [5.74, 6) is -1.61. The Morgan fingerprint density at radius 1 is 1.33 bits per heavy atom. The van der Waals surface area contributed by atoms with Gasteiger partial charge < -0.3 is 10.4 Å². The zero-order chi connectivity index (χ0) is 15.4. The maximum absolute atomic E-state index is 12.3. The molecular weight excluding hydrogens is 270 g/mol. The highest BCUT2D eigenvalue weighted by molar-refractivity contribution is 6.03. The molecule has 0 spiro atoms. The van der Waals surface area contributed by atoms with E-state index in [-0.39, 0.29) is 17.3 Å². The van der Waals surface area contributed by atoms with Crippen molar-refractivity contribution in [1.82, 2.24) is 15.1 Å². The number of amides is 1. The largest absolute Gasteiger partial charge is 0.477 e. The van der Waals surface area contributed by atoms with Gasteiger partial charge in [-0.05, 0) is 12.0 Å². The standard InChI is InChI=1S/C15H17N3O3/c1-3-12(10-7-5-4-6-8-10)17-14(19)11-9-16-18(2)13(11)15(20)21/h4-9,12H,3H2,1-2H3,(H,17,19)(H,20,21). The van der Waals surface area contributed by atoms with Gasteiger partial charge in [-0.2, -0.15) is 5.10 Å². The van der Waals surface area contributed by atoms with Gasteiger partial charge in [-0.1, -0.05) is 37.3 Å². The van der Waals surface area contributed by atoms with E-state index in [1.807, 2.05) is 37.3 Å². The maximum Gasteiger partial charge on any atom is 0.354 e. The lowest BCUT2D eigenvalue weighted by atomic mass is 10.0. The second kappa shape index (κ2) is 6.21. The number of carboxylic acids is 1. The van der Waals surface area contributed by atoms with Crippen LogP contribution in [-0.4, -0.2) is 26.8 Å². The highest BCUT2D eigenvalue weighted by atomic mass is 16.4. The third kappa shape index (κ3) is 3.10. The van der Waals surface area contributed by atoms with Gasteiger partial charge in [0.15, 0.2) is 5.69 Å². The Bertz CT molecular complexity index is 649. The van der Waals surface area contributed by atoms with Gasteiger partial charge in [0.2, 0.25) is 0 Å². The van der Waals surface area contributed by atoms with Crippen LogP contribution < -0.4 is 5.32 Å². The van der Waals surface area contributed by atoms with E-state index in [0.29, 0.717) is 6.42 Å². The number of aromatic nitrogens is 2. The zero-order valence-electron chi connectivity index (χ0n) is 11.9. The second-order valence-corrected chi connectivity index (χ2v) is 4.68. The topological polar surface area (TPSA) is 84.2 Å². The first-order valence-corrected chi connectivity index (χ1v) is 6.65. The molecule has 1 atom stereocenters. The van der Waals surface area contributed by atoms with Gasteiger partial charge in [0, 0.05) is 7.05 Å². The van der Waals surface area contributed by atoms with Crippen LogP contribution in [0.25, 0.3) is 0 Å². The number of carbonyl (C=O) groups is 2. The summed E-state index contributed by atoms with van der Waals surface area (Å²) >= 11 is 0. The lowest BCUT2D eigenvalue weighted by Crippen LogP contribution is -2.29. The van der Waals surface area contributed by atoms with Crippen LogP contribution in [0.5, 0.6) is 0 Å². The molecule has 0 fully saturated rings. The fourth-order valence-electron chi connectivity index (χ4n) is 2.20. The first-order chi connectivity index (χ1) is 10.0. The van der Waals surface area contributed by atoms with Crippen molar-refractivity contribution in [2.45, 2.75) is 19.4 Å². The Hall–Kier alpha value is -2.63. The first-order valence-electron chi connectivity index (χ1n) is 6.65. The summed E-state index contributed by atoms with van der Waals surface area (Å²) in [5.41, 5.74) is 0.934. The number of rotatable bonds is 5. The minimum atomic E-state index is -1.17. The second-order valence-electron chi connectivity index (χ2n) is 4.68. The summed E-state index contributed by atoms with van der Waals surface area (Å²) in [4.78, 5) is 23.5. The number of carboxylic acid groups (broad SMARTS) is 1. The molecule has 1 aromatic heterocycles. The molecular formula is C15H17N3O3. The molecule has 21 heavy (non-hydrogen) atoms. The fraction of sp³-hybridized carbons (Fsp3) is 0.267. The van der Waals surface area contributed by atoms with Gasteiger partial charge in [-0.3, -0.25) is 9.48 Å². The first kappa shape index (κ1) is 14.8. The zero-order valence-corrected chi connectivity index (χ0v) is 11.9. The van der Waals surface area contributed by atoms with E-state index >= 15 is 0 Å². The fourth-order valence-corrected chi connectivity index (χ4v) is 2.20. The molecule has 0 aliphatic carbocycles. The molecule has 1 aromatic carbocycles. The average Bonchev–Trinajstić information content (AvgIpc) is 2.87. The highest BCUT2D eigenvalue weighted by Crippen LogP contribution is 2.17. The third-order valence-corrected chi connectivity index (χ3v) is 3.30. The molecule has 0 aliphatic heterocycles. The number of aryl methyl sites for hydroxylation is 1. The molecule has 1 unspecified atom stereocenters. The molecule has 0 bridgehead atoms. The van der Waals surface area contributed by atoms with E-state index in [1.54, 1.807) is 0 Å². The van der Waals surface area contributed by atoms with Gasteiger partial charge in [-0.25, -0.2) is 4.79 Å². The molecule has 0 saturated carbocycles. The molecule has 0 saturated heterocycles. The lowest BCUT2D eigenvalue weighted by Gasteiger charge is -2.17. The van der Waals surface area contributed by atoms with Crippen molar-refractivity contribution in [3.63, 3.8) is 0 Å². The molecule has 6 nitrogen and oxygen atoms in total. The van der Waals surface area contributed by atoms with Crippen molar-refractivity contribution >= 4 is 11.9 Å². The van der Waals surface area contributed by atoms with Gasteiger partial charge in [-0.15, -0.1) is 0 Å². The third-order valence-electron chi connectivity index (χ3n) is 3.30. The van der Waals surface area contributed by atoms with E-state index in [4.69, 9.17) is 5.11 Å². The predicted molar refractivity (Wildman–Crippen MR) is 77.1 cm³/mol. The van der Waals surface area contributed by atoms with E-state index < -0.39 is 11.9 Å². The summed E-state index contributed by atoms with van der Waals surface area (Å²) in [6.45, 7) is 1.96. The van der Waals surface area contributed by atoms with Crippen molar-refractivity contribution in [3.8, 4) is 0 Å². The Kier molecular flexibility index (Phi) is 4.37. The van der Waals surface area contributed by atoms with Gasteiger partial charge in [0.25, 0.3) is 5.91 Å². The van der Waals surface area contributed by atoms with Crippen LogP contribution >= 0.6 is 0 Å². The number of benzene rings is 1. The van der Waals surface area contributed by atoms with E-state index in [1.165, 1.54) is 17.9 Å². The van der Waals surface area contributed by atoms with E-state index in [9.17, 15) is 9.59 Å². The van der Waals surface area contributed by atoms with Gasteiger partial charge in [0.1, 0.15) is 0 Å². The molecule has 2 rings (SSSR count). The summed E-state index contributed by atoms with van der Waals surface area (Å²) in [6.07, 6.45) is 1.98. The van der Waals surface area contributed by atoms with Crippen LogP contribution in [-0.2, 0) is 7.05 Å². The normalized spacial score (nSPS) is 11.9. The number of hydrogen-bond donors (Lipinski definition) is 2. The van der Waals surface area contributed by atoms with Crippen LogP contribution in [0.2, 0.25) is 0 Å². The van der Waals surface area contributed by atoms with Crippen molar-refractivity contribution < 1.29 is 14.7 Å². The SMILES string of the molecule is CCC(NC(=O)c1cnn(C)c1C(=O)O)c1ccccc1. The minimum Gasteiger partial charge on any atom is -0.477 e. The van der Waals surface area contributed by atoms with Crippen molar-refractivity contribution in [2.75, 3.05) is 0 Å². The Balaban J connectivity index is 2.23. The number of nitrogens with zero attached hydrogens (tertiary/aromatic N) is 2. The number of nitrogens with one attached hydrogen (secondary N) is 1. The molecule has 2 N–H and O–H groups in total. The van der Waals surface area contributed by atoms with Gasteiger partial charge >= 0.3 is 5.97 Å². The monoisotopic (exact) mass is 287 g/mol. The molecule has 0 radical (unpaired) electrons. The smallest absolute Gasteiger partial charge is 0.354 e. The van der Waals surface area contributed by atoms with Crippen molar-refractivity contribution in [1.29, 1.82) is 0 Å². The number of carbonyl (C=O) groups excluding carboxylic acids is 1. The van der Waals surface area contributed by atoms with Crippen molar-refractivity contribution in [3.05, 3.63) is 53.3 Å². The predicted octanol–water partition coefficient (Wildman–Crippen LogP) is 2.00. The van der Waals surface area contributed by atoms with Crippen LogP contribution in [0.3, 0.4) is 0 Å². The van der Waals surface area contributed by atoms with Crippen LogP contribution in [0, 0.1) is 0 Å².